The Labute approximate surface area is 171 Å². The van der Waals surface area contributed by atoms with Crippen molar-refractivity contribution in [3.8, 4) is 11.1 Å². The summed E-state index contributed by atoms with van der Waals surface area (Å²) in [5.41, 5.74) is 10.5. The van der Waals surface area contributed by atoms with Gasteiger partial charge in [-0.05, 0) is 42.9 Å². The van der Waals surface area contributed by atoms with Crippen molar-refractivity contribution in [3.05, 3.63) is 71.8 Å². The molecule has 0 atom stereocenters. The van der Waals surface area contributed by atoms with Gasteiger partial charge in [0.1, 0.15) is 6.29 Å². The van der Waals surface area contributed by atoms with Crippen LogP contribution < -0.4 is 10.6 Å². The van der Waals surface area contributed by atoms with Crippen molar-refractivity contribution in [2.75, 3.05) is 25.5 Å². The van der Waals surface area contributed by atoms with E-state index in [1.54, 1.807) is 0 Å². The molecule has 3 heterocycles. The first-order valence-corrected chi connectivity index (χ1v) is 9.48. The van der Waals surface area contributed by atoms with Crippen molar-refractivity contribution >= 4 is 12.2 Å². The highest BCUT2D eigenvalue weighted by Gasteiger charge is 2.21. The molecule has 0 fully saturated rings. The maximum absolute atomic E-state index is 9.05. The lowest BCUT2D eigenvalue weighted by molar-refractivity contribution is -0.106. The van der Waals surface area contributed by atoms with Gasteiger partial charge in [-0.25, -0.2) is 9.97 Å². The number of carbonyl (C=O) groups is 1. The van der Waals surface area contributed by atoms with E-state index >= 15 is 0 Å². The van der Waals surface area contributed by atoms with Crippen molar-refractivity contribution < 1.29 is 4.79 Å². The highest BCUT2D eigenvalue weighted by Crippen LogP contribution is 2.25. The second-order valence-corrected chi connectivity index (χ2v) is 7.08. The van der Waals surface area contributed by atoms with Gasteiger partial charge in [-0.2, -0.15) is 0 Å². The Bertz CT molecular complexity index is 917. The summed E-state index contributed by atoms with van der Waals surface area (Å²) in [7, 11) is 4.15. The van der Waals surface area contributed by atoms with E-state index in [0.717, 1.165) is 42.4 Å². The quantitative estimate of drug-likeness (QED) is 0.669. The molecule has 0 saturated heterocycles. The van der Waals surface area contributed by atoms with Crippen molar-refractivity contribution in [3.63, 3.8) is 0 Å². The van der Waals surface area contributed by atoms with Crippen LogP contribution in [0.3, 0.4) is 0 Å². The second-order valence-electron chi connectivity index (χ2n) is 7.08. The van der Waals surface area contributed by atoms with Gasteiger partial charge in [-0.1, -0.05) is 24.3 Å². The SMILES string of the molecule is CN(C)Cc1cccc(-c2cnc(N3Cc4cccnc4C3)nc2)c1.NCC=O. The fourth-order valence-corrected chi connectivity index (χ4v) is 3.19. The standard InChI is InChI=1S/C20H21N5.C2H5NO/c1-24(2)12-15-5-3-6-16(9-15)18-10-22-20(23-11-18)25-13-17-7-4-8-21-19(17)14-25;3-1-2-4/h3-11H,12-14H2,1-2H3;2H,1,3H2. The predicted octanol–water partition coefficient (Wildman–Crippen LogP) is 2.26. The normalized spacial score (nSPS) is 12.3. The van der Waals surface area contributed by atoms with E-state index in [2.05, 4.69) is 74.9 Å². The van der Waals surface area contributed by atoms with Gasteiger partial charge in [0.05, 0.1) is 12.2 Å². The topological polar surface area (TPSA) is 88.2 Å². The van der Waals surface area contributed by atoms with Crippen molar-refractivity contribution in [2.45, 2.75) is 19.6 Å². The first-order valence-electron chi connectivity index (χ1n) is 9.48. The maximum Gasteiger partial charge on any atom is 0.225 e. The summed E-state index contributed by atoms with van der Waals surface area (Å²) < 4.78 is 0. The molecule has 29 heavy (non-hydrogen) atoms. The van der Waals surface area contributed by atoms with Crippen LogP contribution >= 0.6 is 0 Å². The molecule has 7 nitrogen and oxygen atoms in total. The molecule has 0 unspecified atom stereocenters. The third-order valence-corrected chi connectivity index (χ3v) is 4.46. The van der Waals surface area contributed by atoms with Crippen LogP contribution in [0.2, 0.25) is 0 Å². The summed E-state index contributed by atoms with van der Waals surface area (Å²) in [4.78, 5) is 27.0. The van der Waals surface area contributed by atoms with Crippen LogP contribution in [0.5, 0.6) is 0 Å². The van der Waals surface area contributed by atoms with E-state index in [1.807, 2.05) is 24.7 Å². The Morgan fingerprint density at radius 2 is 1.83 bits per heavy atom. The molecule has 2 N–H and O–H groups in total. The number of nitrogens with two attached hydrogens (primary N) is 1. The van der Waals surface area contributed by atoms with E-state index in [-0.39, 0.29) is 6.54 Å². The van der Waals surface area contributed by atoms with Gasteiger partial charge in [-0.3, -0.25) is 4.98 Å². The zero-order chi connectivity index (χ0) is 20.6. The Kier molecular flexibility index (Phi) is 6.99. The molecule has 0 saturated carbocycles. The average Bonchev–Trinajstić information content (AvgIpc) is 3.18. The van der Waals surface area contributed by atoms with Gasteiger partial charge in [0.2, 0.25) is 5.95 Å². The van der Waals surface area contributed by atoms with Gasteiger partial charge >= 0.3 is 0 Å². The highest BCUT2D eigenvalue weighted by atomic mass is 16.1. The summed E-state index contributed by atoms with van der Waals surface area (Å²) in [5, 5.41) is 0. The summed E-state index contributed by atoms with van der Waals surface area (Å²) >= 11 is 0. The molecule has 1 aromatic carbocycles. The number of rotatable bonds is 5. The Morgan fingerprint density at radius 3 is 2.48 bits per heavy atom. The van der Waals surface area contributed by atoms with E-state index < -0.39 is 0 Å². The molecule has 0 bridgehead atoms. The molecule has 0 amide bonds. The lowest BCUT2D eigenvalue weighted by Crippen LogP contribution is -2.17. The van der Waals surface area contributed by atoms with E-state index in [0.29, 0.717) is 6.29 Å². The molecular weight excluding hydrogens is 364 g/mol. The summed E-state index contributed by atoms with van der Waals surface area (Å²) in [5.74, 6) is 0.756. The van der Waals surface area contributed by atoms with Crippen LogP contribution in [0.25, 0.3) is 11.1 Å². The van der Waals surface area contributed by atoms with E-state index in [4.69, 9.17) is 4.79 Å². The second kappa shape index (κ2) is 9.86. The van der Waals surface area contributed by atoms with Gasteiger partial charge in [0.25, 0.3) is 0 Å². The van der Waals surface area contributed by atoms with Crippen LogP contribution in [0.15, 0.2) is 55.0 Å². The largest absolute Gasteiger partial charge is 0.331 e. The molecule has 7 heteroatoms. The monoisotopic (exact) mass is 390 g/mol. The van der Waals surface area contributed by atoms with Gasteiger partial charge in [0.15, 0.2) is 0 Å². The smallest absolute Gasteiger partial charge is 0.225 e. The fourth-order valence-electron chi connectivity index (χ4n) is 3.19. The fraction of sp³-hybridized carbons (Fsp3) is 0.273. The molecule has 0 spiro atoms. The number of fused-ring (bicyclic) bond motifs is 1. The first kappa shape index (κ1) is 20.6. The van der Waals surface area contributed by atoms with E-state index in [9.17, 15) is 0 Å². The molecule has 2 aromatic heterocycles. The Balaban J connectivity index is 0.000000552. The lowest BCUT2D eigenvalue weighted by Gasteiger charge is -2.15. The molecule has 1 aliphatic rings. The van der Waals surface area contributed by atoms with Gasteiger partial charge < -0.3 is 20.3 Å². The van der Waals surface area contributed by atoms with Crippen molar-refractivity contribution in [1.82, 2.24) is 19.9 Å². The number of pyridine rings is 1. The van der Waals surface area contributed by atoms with Gasteiger partial charge in [0, 0.05) is 43.8 Å². The minimum Gasteiger partial charge on any atom is -0.331 e. The summed E-state index contributed by atoms with van der Waals surface area (Å²) in [6, 6.07) is 12.6. The zero-order valence-electron chi connectivity index (χ0n) is 16.8. The van der Waals surface area contributed by atoms with Crippen LogP contribution in [0.1, 0.15) is 16.8 Å². The van der Waals surface area contributed by atoms with E-state index in [1.165, 1.54) is 11.1 Å². The minimum absolute atomic E-state index is 0.139. The van der Waals surface area contributed by atoms with Crippen LogP contribution in [-0.2, 0) is 24.4 Å². The molecule has 3 aromatic rings. The Morgan fingerprint density at radius 1 is 1.07 bits per heavy atom. The number of benzene rings is 1. The maximum atomic E-state index is 9.05. The number of aromatic nitrogens is 3. The third kappa shape index (κ3) is 5.43. The first-order chi connectivity index (χ1) is 14.1. The van der Waals surface area contributed by atoms with Crippen LogP contribution in [0, 0.1) is 0 Å². The van der Waals surface area contributed by atoms with Gasteiger partial charge in [-0.15, -0.1) is 0 Å². The predicted molar refractivity (Wildman–Crippen MR) is 114 cm³/mol. The molecule has 0 aliphatic carbocycles. The van der Waals surface area contributed by atoms with Crippen LogP contribution in [-0.4, -0.2) is 46.8 Å². The highest BCUT2D eigenvalue weighted by molar-refractivity contribution is 5.63. The minimum atomic E-state index is 0.139. The molecule has 1 aliphatic heterocycles. The summed E-state index contributed by atoms with van der Waals surface area (Å²) in [6.45, 7) is 2.65. The van der Waals surface area contributed by atoms with Crippen LogP contribution in [0.4, 0.5) is 5.95 Å². The van der Waals surface area contributed by atoms with Crippen molar-refractivity contribution in [2.24, 2.45) is 5.73 Å². The summed E-state index contributed by atoms with van der Waals surface area (Å²) in [6.07, 6.45) is 6.31. The number of carbonyl (C=O) groups excluding carboxylic acids is 1. The zero-order valence-corrected chi connectivity index (χ0v) is 16.8. The number of anilines is 1. The number of hydrogen-bond donors (Lipinski definition) is 1. The Hall–Kier alpha value is -3.16. The number of nitrogens with zero attached hydrogens (tertiary/aromatic N) is 5. The molecule has 0 radical (unpaired) electrons. The molecular formula is C22H26N6O. The molecule has 4 rings (SSSR count). The molecule has 150 valence electrons. The van der Waals surface area contributed by atoms with Crippen molar-refractivity contribution in [1.29, 1.82) is 0 Å². The lowest BCUT2D eigenvalue weighted by atomic mass is 10.1. The number of hydrogen-bond acceptors (Lipinski definition) is 7. The average molecular weight is 390 g/mol. The number of aldehydes is 1. The third-order valence-electron chi connectivity index (χ3n) is 4.46.